The van der Waals surface area contributed by atoms with E-state index >= 15 is 0 Å². The van der Waals surface area contributed by atoms with Gasteiger partial charge in [-0.25, -0.2) is 18.1 Å². The van der Waals surface area contributed by atoms with Gasteiger partial charge in [0.2, 0.25) is 15.9 Å². The minimum atomic E-state index is -3.88. The van der Waals surface area contributed by atoms with E-state index < -0.39 is 15.9 Å². The molecule has 0 spiro atoms. The van der Waals surface area contributed by atoms with Crippen LogP contribution in [0.25, 0.3) is 21.7 Å². The van der Waals surface area contributed by atoms with Crippen molar-refractivity contribution in [3.63, 3.8) is 0 Å². The molecule has 1 aliphatic heterocycles. The van der Waals surface area contributed by atoms with Gasteiger partial charge in [0.15, 0.2) is 0 Å². The maximum absolute atomic E-state index is 13.1. The number of fused-ring (bicyclic) bond motifs is 2. The molecule has 0 saturated carbocycles. The summed E-state index contributed by atoms with van der Waals surface area (Å²) in [6, 6.07) is 20.2. The van der Waals surface area contributed by atoms with Crippen molar-refractivity contribution in [3.05, 3.63) is 72.3 Å². The molecular formula is C26H26N4O4S. The Kier molecular flexibility index (Phi) is 6.04. The van der Waals surface area contributed by atoms with Crippen LogP contribution in [0.4, 0.5) is 5.82 Å². The monoisotopic (exact) mass is 490 g/mol. The number of carbonyl (C=O) groups is 1. The minimum absolute atomic E-state index is 0.0312. The first-order valence-corrected chi connectivity index (χ1v) is 12.8. The van der Waals surface area contributed by atoms with Crippen LogP contribution in [0.2, 0.25) is 0 Å². The third-order valence-electron chi connectivity index (χ3n) is 6.42. The zero-order valence-electron chi connectivity index (χ0n) is 19.3. The van der Waals surface area contributed by atoms with Gasteiger partial charge >= 0.3 is 0 Å². The van der Waals surface area contributed by atoms with E-state index in [0.717, 1.165) is 21.9 Å². The summed E-state index contributed by atoms with van der Waals surface area (Å²) in [6.45, 7) is 1.03. The molecule has 1 atom stereocenters. The molecule has 5 rings (SSSR count). The lowest BCUT2D eigenvalue weighted by atomic mass is 10.1. The van der Waals surface area contributed by atoms with Gasteiger partial charge in [0, 0.05) is 30.4 Å². The molecule has 4 aromatic rings. The molecule has 1 amide bonds. The van der Waals surface area contributed by atoms with Crippen molar-refractivity contribution in [3.8, 4) is 5.75 Å². The minimum Gasteiger partial charge on any atom is -0.495 e. The molecule has 0 bridgehead atoms. The van der Waals surface area contributed by atoms with Crippen LogP contribution in [0.3, 0.4) is 0 Å². The Bertz CT molecular complexity index is 1540. The van der Waals surface area contributed by atoms with Crippen LogP contribution in [0.5, 0.6) is 5.75 Å². The first-order valence-electron chi connectivity index (χ1n) is 11.3. The van der Waals surface area contributed by atoms with Crippen LogP contribution in [0.15, 0.2) is 71.6 Å². The number of hydrogen-bond donors (Lipinski definition) is 2. The maximum Gasteiger partial charge on any atom is 0.244 e. The van der Waals surface area contributed by atoms with E-state index in [1.165, 1.54) is 13.2 Å². The number of sulfonamides is 1. The summed E-state index contributed by atoms with van der Waals surface area (Å²) in [5.41, 5.74) is 7.52. The van der Waals surface area contributed by atoms with Gasteiger partial charge in [-0.1, -0.05) is 42.5 Å². The molecule has 3 aromatic carbocycles. The Labute approximate surface area is 203 Å². The molecule has 35 heavy (non-hydrogen) atoms. The normalized spacial score (nSPS) is 16.3. The van der Waals surface area contributed by atoms with Gasteiger partial charge in [-0.05, 0) is 41.6 Å². The molecule has 2 heterocycles. The van der Waals surface area contributed by atoms with E-state index in [2.05, 4.69) is 9.71 Å². The predicted octanol–water partition coefficient (Wildman–Crippen LogP) is 3.31. The Hall–Kier alpha value is -3.69. The van der Waals surface area contributed by atoms with Gasteiger partial charge in [0.1, 0.15) is 16.5 Å². The van der Waals surface area contributed by atoms with Crippen LogP contribution >= 0.6 is 0 Å². The highest BCUT2D eigenvalue weighted by molar-refractivity contribution is 7.89. The quantitative estimate of drug-likeness (QED) is 0.411. The van der Waals surface area contributed by atoms with Crippen molar-refractivity contribution < 1.29 is 17.9 Å². The Morgan fingerprint density at radius 3 is 2.69 bits per heavy atom. The highest BCUT2D eigenvalue weighted by Crippen LogP contribution is 2.33. The highest BCUT2D eigenvalue weighted by atomic mass is 32.2. The largest absolute Gasteiger partial charge is 0.495 e. The van der Waals surface area contributed by atoms with E-state index in [-0.39, 0.29) is 17.3 Å². The number of nitrogens with zero attached hydrogens (tertiary/aromatic N) is 2. The number of aromatic nitrogens is 1. The highest BCUT2D eigenvalue weighted by Gasteiger charge is 2.33. The van der Waals surface area contributed by atoms with E-state index in [4.69, 9.17) is 10.5 Å². The Morgan fingerprint density at radius 2 is 1.86 bits per heavy atom. The Balaban J connectivity index is 1.28. The lowest BCUT2D eigenvalue weighted by Gasteiger charge is -2.18. The second-order valence-corrected chi connectivity index (χ2v) is 10.4. The molecule has 0 radical (unpaired) electrons. The van der Waals surface area contributed by atoms with Gasteiger partial charge in [-0.2, -0.15) is 0 Å². The summed E-state index contributed by atoms with van der Waals surface area (Å²) in [6.07, 6.45) is 0.578. The number of likely N-dealkylation sites (tertiary alicyclic amines) is 1. The molecule has 1 fully saturated rings. The number of pyridine rings is 1. The fraction of sp³-hybridized carbons (Fsp3) is 0.231. The molecule has 8 nitrogen and oxygen atoms in total. The van der Waals surface area contributed by atoms with Crippen molar-refractivity contribution in [2.45, 2.75) is 17.9 Å². The van der Waals surface area contributed by atoms with Gasteiger partial charge in [0.05, 0.1) is 18.5 Å². The maximum atomic E-state index is 13.1. The molecule has 0 aliphatic carbocycles. The standard InChI is InChI=1S/C26H26N4O4S/c1-34-25-21-5-3-2-4-18(21)8-10-23(25)35(32,33)28-15-20-12-13-30(26(20)31)16-17-6-7-19-9-11-24(27)29-22(19)14-17/h2-11,14,20,28H,12-13,15-16H2,1H3,(H2,27,29)/t20-/m0/s1. The van der Waals surface area contributed by atoms with Crippen LogP contribution in [-0.4, -0.2) is 44.4 Å². The first-order chi connectivity index (χ1) is 16.9. The third kappa shape index (κ3) is 4.52. The number of nitrogens with one attached hydrogen (secondary N) is 1. The number of rotatable bonds is 7. The summed E-state index contributed by atoms with van der Waals surface area (Å²) in [5.74, 6) is 0.243. The number of benzene rings is 3. The molecule has 1 aliphatic rings. The Morgan fingerprint density at radius 1 is 1.09 bits per heavy atom. The van der Waals surface area contributed by atoms with Crippen LogP contribution in [-0.2, 0) is 21.4 Å². The number of nitrogens with two attached hydrogens (primary N) is 1. The summed E-state index contributed by atoms with van der Waals surface area (Å²) in [5, 5.41) is 2.58. The summed E-state index contributed by atoms with van der Waals surface area (Å²) >= 11 is 0. The summed E-state index contributed by atoms with van der Waals surface area (Å²) in [7, 11) is -2.42. The lowest BCUT2D eigenvalue weighted by molar-refractivity contribution is -0.131. The van der Waals surface area contributed by atoms with E-state index in [1.807, 2.05) is 48.5 Å². The lowest BCUT2D eigenvalue weighted by Crippen LogP contribution is -2.34. The molecule has 0 unspecified atom stereocenters. The predicted molar refractivity (Wildman–Crippen MR) is 135 cm³/mol. The number of hydrogen-bond acceptors (Lipinski definition) is 6. The van der Waals surface area contributed by atoms with Gasteiger partial charge in [0.25, 0.3) is 0 Å². The van der Waals surface area contributed by atoms with Crippen LogP contribution in [0.1, 0.15) is 12.0 Å². The SMILES string of the molecule is COc1c(S(=O)(=O)NC[C@@H]2CCN(Cc3ccc4ccc(N)nc4c3)C2=O)ccc2ccccc12. The van der Waals surface area contributed by atoms with Crippen LogP contribution < -0.4 is 15.2 Å². The van der Waals surface area contributed by atoms with Gasteiger partial charge < -0.3 is 15.4 Å². The zero-order valence-corrected chi connectivity index (χ0v) is 20.1. The number of carbonyl (C=O) groups excluding carboxylic acids is 1. The summed E-state index contributed by atoms with van der Waals surface area (Å²) < 4.78 is 34.3. The van der Waals surface area contributed by atoms with E-state index in [1.54, 1.807) is 17.0 Å². The molecule has 9 heteroatoms. The average Bonchev–Trinajstić information content (AvgIpc) is 3.20. The fourth-order valence-electron chi connectivity index (χ4n) is 4.58. The number of methoxy groups -OCH3 is 1. The van der Waals surface area contributed by atoms with Crippen molar-refractivity contribution in [2.24, 2.45) is 5.92 Å². The molecule has 180 valence electrons. The molecule has 1 saturated heterocycles. The molecular weight excluding hydrogens is 464 g/mol. The van der Waals surface area contributed by atoms with Gasteiger partial charge in [-0.3, -0.25) is 4.79 Å². The second-order valence-electron chi connectivity index (χ2n) is 8.68. The average molecular weight is 491 g/mol. The van der Waals surface area contributed by atoms with Crippen molar-refractivity contribution in [1.29, 1.82) is 0 Å². The topological polar surface area (TPSA) is 115 Å². The van der Waals surface area contributed by atoms with E-state index in [0.29, 0.717) is 36.5 Å². The summed E-state index contributed by atoms with van der Waals surface area (Å²) in [4.78, 5) is 19.2. The van der Waals surface area contributed by atoms with E-state index in [9.17, 15) is 13.2 Å². The fourth-order valence-corrected chi connectivity index (χ4v) is 5.84. The zero-order chi connectivity index (χ0) is 24.6. The van der Waals surface area contributed by atoms with Crippen molar-refractivity contribution >= 4 is 43.4 Å². The van der Waals surface area contributed by atoms with Crippen LogP contribution in [0, 0.1) is 5.92 Å². The van der Waals surface area contributed by atoms with Crippen molar-refractivity contribution in [1.82, 2.24) is 14.6 Å². The first kappa shape index (κ1) is 23.1. The van der Waals surface area contributed by atoms with Crippen molar-refractivity contribution in [2.75, 3.05) is 25.9 Å². The smallest absolute Gasteiger partial charge is 0.244 e. The number of amides is 1. The molecule has 3 N–H and O–H groups in total. The number of ether oxygens (including phenoxy) is 1. The third-order valence-corrected chi connectivity index (χ3v) is 7.86. The van der Waals surface area contributed by atoms with Gasteiger partial charge in [-0.15, -0.1) is 0 Å². The molecule has 1 aromatic heterocycles. The number of anilines is 1. The second kappa shape index (κ2) is 9.16. The number of nitrogen functional groups attached to an aromatic ring is 1.